The van der Waals surface area contributed by atoms with Crippen molar-refractivity contribution in [3.63, 3.8) is 0 Å². The van der Waals surface area contributed by atoms with Gasteiger partial charge in [0.15, 0.2) is 5.65 Å². The monoisotopic (exact) mass is 468 g/mol. The zero-order chi connectivity index (χ0) is 18.2. The predicted octanol–water partition coefficient (Wildman–Crippen LogP) is 4.34. The molecule has 0 amide bonds. The van der Waals surface area contributed by atoms with Gasteiger partial charge in [0.2, 0.25) is 0 Å². The van der Waals surface area contributed by atoms with Crippen molar-refractivity contribution in [2.24, 2.45) is 0 Å². The van der Waals surface area contributed by atoms with Crippen molar-refractivity contribution in [3.05, 3.63) is 73.6 Å². The molecule has 5 nitrogen and oxygen atoms in total. The van der Waals surface area contributed by atoms with E-state index < -0.39 is 11.4 Å². The van der Waals surface area contributed by atoms with Crippen LogP contribution in [-0.4, -0.2) is 14.9 Å². The SMILES string of the molecule is CCCCBr.O=c1oc(=O)n(Cc2cccc(Br)c2)c2ncccc12. The molecule has 0 radical (unpaired) electrons. The van der Waals surface area contributed by atoms with E-state index in [-0.39, 0.29) is 6.54 Å². The summed E-state index contributed by atoms with van der Waals surface area (Å²) in [5, 5.41) is 1.45. The maximum atomic E-state index is 11.9. The predicted molar refractivity (Wildman–Crippen MR) is 106 cm³/mol. The summed E-state index contributed by atoms with van der Waals surface area (Å²) in [6, 6.07) is 10.8. The lowest BCUT2D eigenvalue weighted by Gasteiger charge is -2.07. The van der Waals surface area contributed by atoms with Crippen LogP contribution in [0.5, 0.6) is 0 Å². The van der Waals surface area contributed by atoms with Crippen molar-refractivity contribution in [2.45, 2.75) is 26.3 Å². The van der Waals surface area contributed by atoms with Crippen molar-refractivity contribution in [3.8, 4) is 0 Å². The molecular formula is C18H18Br2N2O3. The van der Waals surface area contributed by atoms with Crippen LogP contribution in [0.4, 0.5) is 0 Å². The Hall–Kier alpha value is -1.73. The van der Waals surface area contributed by atoms with E-state index in [0.717, 1.165) is 15.4 Å². The van der Waals surface area contributed by atoms with Gasteiger partial charge in [-0.3, -0.25) is 4.57 Å². The Morgan fingerprint density at radius 3 is 2.64 bits per heavy atom. The molecule has 0 aliphatic rings. The van der Waals surface area contributed by atoms with Gasteiger partial charge in [-0.05, 0) is 36.2 Å². The van der Waals surface area contributed by atoms with Gasteiger partial charge in [-0.1, -0.05) is 57.3 Å². The lowest BCUT2D eigenvalue weighted by Crippen LogP contribution is -2.26. The average molecular weight is 470 g/mol. The van der Waals surface area contributed by atoms with Gasteiger partial charge in [0, 0.05) is 16.0 Å². The number of alkyl halides is 1. The second kappa shape index (κ2) is 9.68. The second-order valence-corrected chi connectivity index (χ2v) is 7.00. The molecule has 0 N–H and O–H groups in total. The number of rotatable bonds is 4. The molecule has 0 saturated carbocycles. The minimum atomic E-state index is -0.707. The van der Waals surface area contributed by atoms with E-state index >= 15 is 0 Å². The van der Waals surface area contributed by atoms with Gasteiger partial charge in [-0.15, -0.1) is 0 Å². The Morgan fingerprint density at radius 2 is 2.00 bits per heavy atom. The molecule has 0 bridgehead atoms. The summed E-state index contributed by atoms with van der Waals surface area (Å²) < 4.78 is 6.98. The van der Waals surface area contributed by atoms with Gasteiger partial charge < -0.3 is 4.42 Å². The van der Waals surface area contributed by atoms with Crippen molar-refractivity contribution >= 4 is 42.9 Å². The highest BCUT2D eigenvalue weighted by atomic mass is 79.9. The number of unbranched alkanes of at least 4 members (excludes halogenated alkanes) is 1. The Balaban J connectivity index is 0.000000399. The highest BCUT2D eigenvalue weighted by molar-refractivity contribution is 9.10. The first-order chi connectivity index (χ1) is 12.1. The maximum Gasteiger partial charge on any atom is 0.423 e. The smallest absolute Gasteiger partial charge is 0.372 e. The second-order valence-electron chi connectivity index (χ2n) is 5.29. The van der Waals surface area contributed by atoms with Gasteiger partial charge in [0.1, 0.15) is 5.39 Å². The Labute approximate surface area is 162 Å². The van der Waals surface area contributed by atoms with Crippen LogP contribution in [0.3, 0.4) is 0 Å². The summed E-state index contributed by atoms with van der Waals surface area (Å²) >= 11 is 6.69. The Kier molecular flexibility index (Phi) is 7.58. The molecule has 3 aromatic rings. The molecule has 0 fully saturated rings. The minimum Gasteiger partial charge on any atom is -0.372 e. The topological polar surface area (TPSA) is 65.1 Å². The van der Waals surface area contributed by atoms with Crippen molar-refractivity contribution in [1.29, 1.82) is 0 Å². The molecule has 0 spiro atoms. The molecule has 0 aliphatic heterocycles. The largest absolute Gasteiger partial charge is 0.423 e. The van der Waals surface area contributed by atoms with Gasteiger partial charge in [0.05, 0.1) is 6.54 Å². The van der Waals surface area contributed by atoms with Crippen molar-refractivity contribution < 1.29 is 4.42 Å². The molecule has 0 aliphatic carbocycles. The van der Waals surface area contributed by atoms with E-state index in [2.05, 4.69) is 43.8 Å². The summed E-state index contributed by atoms with van der Waals surface area (Å²) in [4.78, 5) is 27.6. The third-order valence-electron chi connectivity index (χ3n) is 3.38. The van der Waals surface area contributed by atoms with Crippen LogP contribution in [0.25, 0.3) is 11.0 Å². The lowest BCUT2D eigenvalue weighted by atomic mass is 10.2. The Bertz CT molecular complexity index is 949. The first kappa shape index (κ1) is 19.6. The zero-order valence-corrected chi connectivity index (χ0v) is 16.9. The zero-order valence-electron chi connectivity index (χ0n) is 13.7. The molecule has 1 aromatic carbocycles. The standard InChI is InChI=1S/C14H9BrN2O3.C4H9Br/c15-10-4-1-3-9(7-10)8-17-12-11(5-2-6-16-12)13(18)20-14(17)19;1-2-3-4-5/h1-7H,8H2;2-4H2,1H3. The summed E-state index contributed by atoms with van der Waals surface area (Å²) in [6.45, 7) is 2.47. The molecular weight excluding hydrogens is 452 g/mol. The van der Waals surface area contributed by atoms with E-state index in [1.165, 1.54) is 17.4 Å². The molecule has 0 saturated heterocycles. The van der Waals surface area contributed by atoms with E-state index in [9.17, 15) is 9.59 Å². The van der Waals surface area contributed by atoms with Gasteiger partial charge >= 0.3 is 11.4 Å². The highest BCUT2D eigenvalue weighted by Gasteiger charge is 2.10. The maximum absolute atomic E-state index is 11.9. The third kappa shape index (κ3) is 5.37. The molecule has 2 aromatic heterocycles. The number of benzene rings is 1. The van der Waals surface area contributed by atoms with E-state index in [1.54, 1.807) is 18.3 Å². The van der Waals surface area contributed by atoms with Crippen molar-refractivity contribution in [2.75, 3.05) is 5.33 Å². The van der Waals surface area contributed by atoms with Crippen LogP contribution in [0.2, 0.25) is 0 Å². The molecule has 0 atom stereocenters. The molecule has 2 heterocycles. The fraction of sp³-hybridized carbons (Fsp3) is 0.278. The van der Waals surface area contributed by atoms with Gasteiger partial charge in [-0.2, -0.15) is 0 Å². The van der Waals surface area contributed by atoms with Crippen LogP contribution in [0.15, 0.2) is 61.1 Å². The fourth-order valence-corrected chi connectivity index (χ4v) is 3.15. The number of nitrogens with zero attached hydrogens (tertiary/aromatic N) is 2. The number of hydrogen-bond donors (Lipinski definition) is 0. The number of pyridine rings is 1. The number of halogens is 2. The van der Waals surface area contributed by atoms with Gasteiger partial charge in [0.25, 0.3) is 0 Å². The molecule has 7 heteroatoms. The number of hydrogen-bond acceptors (Lipinski definition) is 4. The lowest BCUT2D eigenvalue weighted by molar-refractivity contribution is 0.423. The summed E-state index contributed by atoms with van der Waals surface area (Å²) in [6.07, 6.45) is 4.14. The average Bonchev–Trinajstić information content (AvgIpc) is 2.60. The Morgan fingerprint density at radius 1 is 1.20 bits per heavy atom. The molecule has 0 unspecified atom stereocenters. The molecule has 25 heavy (non-hydrogen) atoms. The number of fused-ring (bicyclic) bond motifs is 1. The molecule has 3 rings (SSSR count). The van der Waals surface area contributed by atoms with Crippen LogP contribution in [0, 0.1) is 0 Å². The summed E-state index contributed by atoms with van der Waals surface area (Å²) in [7, 11) is 0. The first-order valence-corrected chi connectivity index (χ1v) is 9.77. The fourth-order valence-electron chi connectivity index (χ4n) is 2.14. The quantitative estimate of drug-likeness (QED) is 0.533. The summed E-state index contributed by atoms with van der Waals surface area (Å²) in [5.41, 5.74) is 0.569. The first-order valence-electron chi connectivity index (χ1n) is 7.86. The minimum absolute atomic E-state index is 0.287. The molecule has 132 valence electrons. The van der Waals surface area contributed by atoms with Gasteiger partial charge in [-0.25, -0.2) is 14.6 Å². The van der Waals surface area contributed by atoms with E-state index in [1.807, 2.05) is 24.3 Å². The van der Waals surface area contributed by atoms with Crippen LogP contribution >= 0.6 is 31.9 Å². The van der Waals surface area contributed by atoms with E-state index in [4.69, 9.17) is 4.42 Å². The normalized spacial score (nSPS) is 10.4. The summed E-state index contributed by atoms with van der Waals surface area (Å²) in [5.74, 6) is -0.707. The number of aromatic nitrogens is 2. The highest BCUT2D eigenvalue weighted by Crippen LogP contribution is 2.13. The van der Waals surface area contributed by atoms with Crippen LogP contribution in [-0.2, 0) is 6.54 Å². The van der Waals surface area contributed by atoms with E-state index in [0.29, 0.717) is 11.0 Å². The van der Waals surface area contributed by atoms with Crippen LogP contribution in [0.1, 0.15) is 25.3 Å². The third-order valence-corrected chi connectivity index (χ3v) is 4.43. The van der Waals surface area contributed by atoms with Crippen molar-refractivity contribution in [1.82, 2.24) is 9.55 Å². The van der Waals surface area contributed by atoms with Crippen LogP contribution < -0.4 is 11.4 Å².